The minimum Gasteiger partial charge on any atom is -0.466 e. The Labute approximate surface area is 72.2 Å². The van der Waals surface area contributed by atoms with Gasteiger partial charge in [-0.05, 0) is 25.6 Å². The molecule has 0 fully saturated rings. The van der Waals surface area contributed by atoms with Gasteiger partial charge in [0.25, 0.3) is 0 Å². The average molecular weight is 169 g/mol. The summed E-state index contributed by atoms with van der Waals surface area (Å²) in [5.41, 5.74) is 5.44. The normalized spacial score (nSPS) is 13.2. The minimum atomic E-state index is 0.121. The molecule has 1 heterocycles. The molecule has 0 spiro atoms. The van der Waals surface area contributed by atoms with Gasteiger partial charge in [-0.1, -0.05) is 0 Å². The fraction of sp³-hybridized carbons (Fsp3) is 0.556. The van der Waals surface area contributed by atoms with Gasteiger partial charge in [0.2, 0.25) is 0 Å². The van der Waals surface area contributed by atoms with Gasteiger partial charge in [-0.15, -0.1) is 0 Å². The molecule has 3 N–H and O–H groups in total. The molecule has 1 unspecified atom stereocenters. The third-order valence-electron chi connectivity index (χ3n) is 1.88. The van der Waals surface area contributed by atoms with Gasteiger partial charge in [-0.25, -0.2) is 0 Å². The fourth-order valence-electron chi connectivity index (χ4n) is 1.10. The lowest BCUT2D eigenvalue weighted by molar-refractivity contribution is 0.223. The molecule has 1 aromatic rings. The maximum Gasteiger partial charge on any atom is 0.104 e. The van der Waals surface area contributed by atoms with Crippen LogP contribution in [0.25, 0.3) is 0 Å². The third kappa shape index (κ3) is 2.36. The van der Waals surface area contributed by atoms with E-state index in [0.717, 1.165) is 17.9 Å². The van der Waals surface area contributed by atoms with E-state index < -0.39 is 0 Å². The summed E-state index contributed by atoms with van der Waals surface area (Å²) >= 11 is 0. The van der Waals surface area contributed by atoms with Crippen molar-refractivity contribution < 1.29 is 9.52 Å². The first kappa shape index (κ1) is 9.29. The highest BCUT2D eigenvalue weighted by Crippen LogP contribution is 2.11. The summed E-state index contributed by atoms with van der Waals surface area (Å²) in [7, 11) is 0. The van der Waals surface area contributed by atoms with Crippen LogP contribution in [-0.4, -0.2) is 18.3 Å². The molecule has 3 nitrogen and oxygen atoms in total. The van der Waals surface area contributed by atoms with E-state index in [4.69, 9.17) is 15.3 Å². The highest BCUT2D eigenvalue weighted by Gasteiger charge is 2.08. The lowest BCUT2D eigenvalue weighted by Gasteiger charge is -2.07. The van der Waals surface area contributed by atoms with E-state index in [1.54, 1.807) is 0 Å². The number of furan rings is 1. The van der Waals surface area contributed by atoms with Crippen LogP contribution in [0.1, 0.15) is 11.5 Å². The maximum atomic E-state index is 8.87. The van der Waals surface area contributed by atoms with Gasteiger partial charge in [0, 0.05) is 18.9 Å². The van der Waals surface area contributed by atoms with Crippen LogP contribution < -0.4 is 5.73 Å². The van der Waals surface area contributed by atoms with Gasteiger partial charge >= 0.3 is 0 Å². The molecule has 0 saturated carbocycles. The Morgan fingerprint density at radius 1 is 1.58 bits per heavy atom. The Morgan fingerprint density at radius 3 is 2.75 bits per heavy atom. The Kier molecular flexibility index (Phi) is 3.31. The van der Waals surface area contributed by atoms with Crippen LogP contribution in [0, 0.1) is 12.8 Å². The second-order valence-corrected chi connectivity index (χ2v) is 3.00. The van der Waals surface area contributed by atoms with E-state index >= 15 is 0 Å². The SMILES string of the molecule is Cc1ccc(CC(CN)CO)o1. The van der Waals surface area contributed by atoms with Crippen molar-refractivity contribution in [3.05, 3.63) is 23.7 Å². The van der Waals surface area contributed by atoms with Crippen molar-refractivity contribution in [1.82, 2.24) is 0 Å². The van der Waals surface area contributed by atoms with Gasteiger partial charge in [-0.2, -0.15) is 0 Å². The smallest absolute Gasteiger partial charge is 0.104 e. The van der Waals surface area contributed by atoms with Crippen molar-refractivity contribution in [3.63, 3.8) is 0 Å². The Hall–Kier alpha value is -0.800. The van der Waals surface area contributed by atoms with E-state index in [-0.39, 0.29) is 12.5 Å². The molecule has 0 amide bonds. The fourth-order valence-corrected chi connectivity index (χ4v) is 1.10. The van der Waals surface area contributed by atoms with E-state index in [1.807, 2.05) is 19.1 Å². The number of aliphatic hydroxyl groups is 1. The molecule has 12 heavy (non-hydrogen) atoms. The molecule has 68 valence electrons. The highest BCUT2D eigenvalue weighted by atomic mass is 16.3. The van der Waals surface area contributed by atoms with E-state index in [0.29, 0.717) is 6.54 Å². The topological polar surface area (TPSA) is 59.4 Å². The molecular formula is C9H15NO2. The van der Waals surface area contributed by atoms with Gasteiger partial charge in [-0.3, -0.25) is 0 Å². The monoisotopic (exact) mass is 169 g/mol. The number of hydrogen-bond donors (Lipinski definition) is 2. The highest BCUT2D eigenvalue weighted by molar-refractivity contribution is 5.06. The average Bonchev–Trinajstić information content (AvgIpc) is 2.47. The molecule has 1 atom stereocenters. The van der Waals surface area contributed by atoms with Crippen molar-refractivity contribution in [2.75, 3.05) is 13.2 Å². The molecule has 0 aliphatic heterocycles. The van der Waals surface area contributed by atoms with Crippen molar-refractivity contribution in [3.8, 4) is 0 Å². The summed E-state index contributed by atoms with van der Waals surface area (Å²) < 4.78 is 5.35. The minimum absolute atomic E-state index is 0.121. The molecular weight excluding hydrogens is 154 g/mol. The number of hydrogen-bond acceptors (Lipinski definition) is 3. The lowest BCUT2D eigenvalue weighted by atomic mass is 10.1. The lowest BCUT2D eigenvalue weighted by Crippen LogP contribution is -2.20. The summed E-state index contributed by atoms with van der Waals surface area (Å²) in [4.78, 5) is 0. The standard InChI is InChI=1S/C9H15NO2/c1-7-2-3-9(12-7)4-8(5-10)6-11/h2-3,8,11H,4-6,10H2,1H3. The van der Waals surface area contributed by atoms with Crippen molar-refractivity contribution in [1.29, 1.82) is 0 Å². The molecule has 0 radical (unpaired) electrons. The number of aliphatic hydroxyl groups excluding tert-OH is 1. The zero-order valence-electron chi connectivity index (χ0n) is 7.29. The van der Waals surface area contributed by atoms with Crippen molar-refractivity contribution in [2.24, 2.45) is 11.7 Å². The Bertz CT molecular complexity index is 228. The van der Waals surface area contributed by atoms with Gasteiger partial charge in [0.15, 0.2) is 0 Å². The van der Waals surface area contributed by atoms with Gasteiger partial charge < -0.3 is 15.3 Å². The molecule has 0 saturated heterocycles. The van der Waals surface area contributed by atoms with Crippen LogP contribution in [0.5, 0.6) is 0 Å². The first-order chi connectivity index (χ1) is 5.76. The molecule has 1 aromatic heterocycles. The second kappa shape index (κ2) is 4.28. The van der Waals surface area contributed by atoms with Crippen LogP contribution in [0.2, 0.25) is 0 Å². The van der Waals surface area contributed by atoms with Crippen molar-refractivity contribution in [2.45, 2.75) is 13.3 Å². The van der Waals surface area contributed by atoms with Gasteiger partial charge in [0.1, 0.15) is 11.5 Å². The summed E-state index contributed by atoms with van der Waals surface area (Å²) in [5.74, 6) is 1.92. The Balaban J connectivity index is 2.50. The predicted molar refractivity (Wildman–Crippen MR) is 46.8 cm³/mol. The van der Waals surface area contributed by atoms with Crippen molar-refractivity contribution >= 4 is 0 Å². The molecule has 1 rings (SSSR count). The van der Waals surface area contributed by atoms with E-state index in [2.05, 4.69) is 0 Å². The number of nitrogens with two attached hydrogens (primary N) is 1. The van der Waals surface area contributed by atoms with Gasteiger partial charge in [0.05, 0.1) is 0 Å². The first-order valence-electron chi connectivity index (χ1n) is 4.12. The quantitative estimate of drug-likeness (QED) is 0.697. The largest absolute Gasteiger partial charge is 0.466 e. The molecule has 0 aliphatic carbocycles. The molecule has 3 heteroatoms. The summed E-state index contributed by atoms with van der Waals surface area (Å²) in [6.07, 6.45) is 0.723. The third-order valence-corrected chi connectivity index (χ3v) is 1.88. The second-order valence-electron chi connectivity index (χ2n) is 3.00. The van der Waals surface area contributed by atoms with Crippen LogP contribution in [-0.2, 0) is 6.42 Å². The maximum absolute atomic E-state index is 8.87. The first-order valence-corrected chi connectivity index (χ1v) is 4.12. The summed E-state index contributed by atoms with van der Waals surface area (Å²) in [6.45, 7) is 2.52. The molecule has 0 aromatic carbocycles. The number of rotatable bonds is 4. The van der Waals surface area contributed by atoms with E-state index in [1.165, 1.54) is 0 Å². The summed E-state index contributed by atoms with van der Waals surface area (Å²) in [5, 5.41) is 8.87. The Morgan fingerprint density at radius 2 is 2.33 bits per heavy atom. The van der Waals surface area contributed by atoms with Crippen LogP contribution >= 0.6 is 0 Å². The zero-order valence-corrected chi connectivity index (χ0v) is 7.29. The molecule has 0 bridgehead atoms. The number of aryl methyl sites for hydroxylation is 1. The predicted octanol–water partition coefficient (Wildman–Crippen LogP) is 0.698. The van der Waals surface area contributed by atoms with E-state index in [9.17, 15) is 0 Å². The zero-order chi connectivity index (χ0) is 8.97. The van der Waals surface area contributed by atoms with Crippen LogP contribution in [0.4, 0.5) is 0 Å². The molecule has 0 aliphatic rings. The van der Waals surface area contributed by atoms with Crippen LogP contribution in [0.15, 0.2) is 16.5 Å². The summed E-state index contributed by atoms with van der Waals surface area (Å²) in [6, 6.07) is 3.84. The van der Waals surface area contributed by atoms with Crippen LogP contribution in [0.3, 0.4) is 0 Å².